The van der Waals surface area contributed by atoms with E-state index in [-0.39, 0.29) is 11.7 Å². The van der Waals surface area contributed by atoms with Crippen LogP contribution in [-0.4, -0.2) is 9.91 Å². The van der Waals surface area contributed by atoms with Gasteiger partial charge < -0.3 is 10.2 Å². The number of nitro benzene ring substituents is 1. The molecule has 1 aromatic carbocycles. The molecule has 0 fully saturated rings. The number of non-ortho nitro benzene ring substituents is 1. The lowest BCUT2D eigenvalue weighted by atomic mass is 10.1. The second-order valence-electron chi connectivity index (χ2n) is 2.87. The van der Waals surface area contributed by atoms with Crippen LogP contribution in [0.4, 0.5) is 11.7 Å². The zero-order valence-electron chi connectivity index (χ0n) is 7.58. The van der Waals surface area contributed by atoms with Crippen LogP contribution < -0.4 is 5.73 Å². The van der Waals surface area contributed by atoms with Gasteiger partial charge >= 0.3 is 0 Å². The van der Waals surface area contributed by atoms with Crippen molar-refractivity contribution in [3.05, 3.63) is 40.6 Å². The van der Waals surface area contributed by atoms with Crippen LogP contribution in [0.3, 0.4) is 0 Å². The first kappa shape index (κ1) is 9.20. The first-order valence-electron chi connectivity index (χ1n) is 4.12. The third-order valence-electron chi connectivity index (χ3n) is 1.90. The molecule has 0 spiro atoms. The zero-order chi connectivity index (χ0) is 10.8. The van der Waals surface area contributed by atoms with Crippen LogP contribution in [0, 0.1) is 10.1 Å². The summed E-state index contributed by atoms with van der Waals surface area (Å²) in [5, 5.41) is 10.4. The van der Waals surface area contributed by atoms with Gasteiger partial charge in [0.05, 0.1) is 4.92 Å². The van der Waals surface area contributed by atoms with Gasteiger partial charge in [0, 0.05) is 17.7 Å². The van der Waals surface area contributed by atoms with Gasteiger partial charge in [-0.2, -0.15) is 4.98 Å². The van der Waals surface area contributed by atoms with Gasteiger partial charge in [0.25, 0.3) is 11.7 Å². The molecule has 0 aliphatic heterocycles. The van der Waals surface area contributed by atoms with Crippen LogP contribution in [0.1, 0.15) is 0 Å². The van der Waals surface area contributed by atoms with Crippen LogP contribution in [0.25, 0.3) is 11.3 Å². The Balaban J connectivity index is 2.35. The molecule has 0 unspecified atom stereocenters. The number of hydrogen-bond donors (Lipinski definition) is 1. The van der Waals surface area contributed by atoms with E-state index in [1.54, 1.807) is 12.1 Å². The fraction of sp³-hybridized carbons (Fsp3) is 0. The molecule has 0 saturated carbocycles. The molecule has 0 radical (unpaired) electrons. The maximum absolute atomic E-state index is 10.4. The molecular weight excluding hydrogens is 198 g/mol. The summed E-state index contributed by atoms with van der Waals surface area (Å²) in [6, 6.07) is 6.06. The molecule has 1 heterocycles. The number of nitro groups is 1. The molecule has 0 atom stereocenters. The molecule has 2 rings (SSSR count). The van der Waals surface area contributed by atoms with Gasteiger partial charge in [0.15, 0.2) is 0 Å². The largest absolute Gasteiger partial charge is 0.432 e. The quantitative estimate of drug-likeness (QED) is 0.596. The van der Waals surface area contributed by atoms with E-state index in [2.05, 4.69) is 4.98 Å². The summed E-state index contributed by atoms with van der Waals surface area (Å²) >= 11 is 0. The van der Waals surface area contributed by atoms with Crippen molar-refractivity contribution in [2.24, 2.45) is 0 Å². The molecular formula is C9H7N3O3. The Labute approximate surface area is 84.5 Å². The van der Waals surface area contributed by atoms with Gasteiger partial charge in [0.1, 0.15) is 12.0 Å². The van der Waals surface area contributed by atoms with Gasteiger partial charge in [-0.25, -0.2) is 0 Å². The molecule has 2 aromatic rings. The number of rotatable bonds is 2. The Morgan fingerprint density at radius 1 is 1.33 bits per heavy atom. The number of nitrogens with zero attached hydrogens (tertiary/aromatic N) is 2. The highest BCUT2D eigenvalue weighted by Gasteiger charge is 2.07. The summed E-state index contributed by atoms with van der Waals surface area (Å²) in [5.74, 6) is 0. The lowest BCUT2D eigenvalue weighted by Crippen LogP contribution is -1.87. The van der Waals surface area contributed by atoms with Crippen molar-refractivity contribution < 1.29 is 9.34 Å². The Morgan fingerprint density at radius 3 is 2.47 bits per heavy atom. The Bertz CT molecular complexity index is 490. The number of oxazole rings is 1. The summed E-state index contributed by atoms with van der Waals surface area (Å²) in [6.07, 6.45) is 1.40. The molecule has 1 aromatic heterocycles. The van der Waals surface area contributed by atoms with E-state index in [1.807, 2.05) is 0 Å². The standard InChI is InChI=1S/C9H7N3O3/c10-9-11-8(5-15-9)6-1-3-7(4-2-6)12(13)14/h1-5H,(H2,10,11). The van der Waals surface area contributed by atoms with Crippen LogP contribution in [0.5, 0.6) is 0 Å². The van der Waals surface area contributed by atoms with E-state index in [0.29, 0.717) is 5.69 Å². The highest BCUT2D eigenvalue weighted by molar-refractivity contribution is 5.60. The molecule has 0 amide bonds. The van der Waals surface area contributed by atoms with Gasteiger partial charge in [-0.15, -0.1) is 0 Å². The molecule has 15 heavy (non-hydrogen) atoms. The lowest BCUT2D eigenvalue weighted by Gasteiger charge is -1.94. The van der Waals surface area contributed by atoms with E-state index in [9.17, 15) is 10.1 Å². The molecule has 0 bridgehead atoms. The molecule has 2 N–H and O–H groups in total. The lowest BCUT2D eigenvalue weighted by molar-refractivity contribution is -0.384. The first-order valence-corrected chi connectivity index (χ1v) is 4.12. The van der Waals surface area contributed by atoms with Crippen LogP contribution in [0.2, 0.25) is 0 Å². The van der Waals surface area contributed by atoms with Gasteiger partial charge in [-0.1, -0.05) is 0 Å². The van der Waals surface area contributed by atoms with E-state index < -0.39 is 4.92 Å². The average Bonchev–Trinajstić information content (AvgIpc) is 2.65. The number of nitrogens with two attached hydrogens (primary N) is 1. The zero-order valence-corrected chi connectivity index (χ0v) is 7.58. The van der Waals surface area contributed by atoms with E-state index in [1.165, 1.54) is 18.4 Å². The summed E-state index contributed by atoms with van der Waals surface area (Å²) in [5.41, 5.74) is 6.63. The SMILES string of the molecule is Nc1nc(-c2ccc([N+](=O)[O-])cc2)co1. The van der Waals surface area contributed by atoms with Crippen molar-refractivity contribution in [2.45, 2.75) is 0 Å². The van der Waals surface area contributed by atoms with Crippen molar-refractivity contribution in [3.8, 4) is 11.3 Å². The van der Waals surface area contributed by atoms with Gasteiger partial charge in [-0.05, 0) is 12.1 Å². The minimum absolute atomic E-state index is 0.0372. The highest BCUT2D eigenvalue weighted by atomic mass is 16.6. The predicted octanol–water partition coefficient (Wildman–Crippen LogP) is 1.83. The highest BCUT2D eigenvalue weighted by Crippen LogP contribution is 2.22. The Hall–Kier alpha value is -2.37. The average molecular weight is 205 g/mol. The molecule has 0 saturated heterocycles. The number of nitrogen functional groups attached to an aromatic ring is 1. The molecule has 76 valence electrons. The third kappa shape index (κ3) is 1.78. The van der Waals surface area contributed by atoms with Crippen molar-refractivity contribution >= 4 is 11.7 Å². The van der Waals surface area contributed by atoms with Crippen LogP contribution in [-0.2, 0) is 0 Å². The predicted molar refractivity (Wildman–Crippen MR) is 53.0 cm³/mol. The molecule has 6 nitrogen and oxygen atoms in total. The summed E-state index contributed by atoms with van der Waals surface area (Å²) in [6.45, 7) is 0. The third-order valence-corrected chi connectivity index (χ3v) is 1.90. The topological polar surface area (TPSA) is 95.2 Å². The second-order valence-corrected chi connectivity index (χ2v) is 2.87. The normalized spacial score (nSPS) is 10.1. The van der Waals surface area contributed by atoms with Gasteiger partial charge in [-0.3, -0.25) is 10.1 Å². The number of hydrogen-bond acceptors (Lipinski definition) is 5. The van der Waals surface area contributed by atoms with Crippen molar-refractivity contribution in [2.75, 3.05) is 5.73 Å². The second kappa shape index (κ2) is 3.41. The monoisotopic (exact) mass is 205 g/mol. The smallest absolute Gasteiger partial charge is 0.292 e. The fourth-order valence-electron chi connectivity index (χ4n) is 1.17. The molecule has 0 aliphatic carbocycles. The minimum Gasteiger partial charge on any atom is -0.432 e. The fourth-order valence-corrected chi connectivity index (χ4v) is 1.17. The van der Waals surface area contributed by atoms with Crippen LogP contribution in [0.15, 0.2) is 34.9 Å². The van der Waals surface area contributed by atoms with Gasteiger partial charge in [0.2, 0.25) is 0 Å². The maximum Gasteiger partial charge on any atom is 0.292 e. The van der Waals surface area contributed by atoms with E-state index in [0.717, 1.165) is 5.56 Å². The Morgan fingerprint density at radius 2 is 2.00 bits per heavy atom. The van der Waals surface area contributed by atoms with Crippen molar-refractivity contribution in [3.63, 3.8) is 0 Å². The molecule has 6 heteroatoms. The van der Waals surface area contributed by atoms with Crippen molar-refractivity contribution in [1.82, 2.24) is 4.98 Å². The summed E-state index contributed by atoms with van der Waals surface area (Å²) < 4.78 is 4.83. The first-order chi connectivity index (χ1) is 7.16. The maximum atomic E-state index is 10.4. The van der Waals surface area contributed by atoms with Crippen LogP contribution >= 0.6 is 0 Å². The van der Waals surface area contributed by atoms with E-state index >= 15 is 0 Å². The number of anilines is 1. The summed E-state index contributed by atoms with van der Waals surface area (Å²) in [7, 11) is 0. The minimum atomic E-state index is -0.457. The summed E-state index contributed by atoms with van der Waals surface area (Å²) in [4.78, 5) is 13.8. The Kier molecular flexibility index (Phi) is 2.09. The number of benzene rings is 1. The van der Waals surface area contributed by atoms with Crippen molar-refractivity contribution in [1.29, 1.82) is 0 Å². The number of aromatic nitrogens is 1. The molecule has 0 aliphatic rings. The van der Waals surface area contributed by atoms with E-state index in [4.69, 9.17) is 10.2 Å².